The standard InChI is InChI=1S/C14H25N3O/c1-6-7-18-13-8-12(16-9-17-13)14(10(2)3)11(4)15-5/h8-11,14-15H,6-7H2,1-5H3. The number of ether oxygens (including phenoxy) is 1. The van der Waals surface area contributed by atoms with E-state index in [-0.39, 0.29) is 0 Å². The van der Waals surface area contributed by atoms with Crippen LogP contribution in [0.4, 0.5) is 0 Å². The van der Waals surface area contributed by atoms with Crippen LogP contribution < -0.4 is 10.1 Å². The molecule has 1 aromatic heterocycles. The van der Waals surface area contributed by atoms with Crippen molar-refractivity contribution < 1.29 is 4.74 Å². The van der Waals surface area contributed by atoms with Gasteiger partial charge in [0.1, 0.15) is 6.33 Å². The van der Waals surface area contributed by atoms with Crippen molar-refractivity contribution in [3.63, 3.8) is 0 Å². The molecule has 0 aliphatic carbocycles. The van der Waals surface area contributed by atoms with Crippen molar-refractivity contribution in [2.24, 2.45) is 5.92 Å². The van der Waals surface area contributed by atoms with Crippen LogP contribution in [0.15, 0.2) is 12.4 Å². The molecule has 4 nitrogen and oxygen atoms in total. The van der Waals surface area contributed by atoms with E-state index >= 15 is 0 Å². The van der Waals surface area contributed by atoms with Crippen molar-refractivity contribution in [3.8, 4) is 5.88 Å². The van der Waals surface area contributed by atoms with Gasteiger partial charge in [-0.25, -0.2) is 9.97 Å². The molecule has 0 saturated carbocycles. The van der Waals surface area contributed by atoms with E-state index in [2.05, 4.69) is 43.0 Å². The molecule has 18 heavy (non-hydrogen) atoms. The molecule has 0 amide bonds. The molecule has 1 rings (SSSR count). The lowest BCUT2D eigenvalue weighted by Crippen LogP contribution is -2.32. The maximum absolute atomic E-state index is 5.57. The topological polar surface area (TPSA) is 47.0 Å². The second kappa shape index (κ2) is 7.31. The average Bonchev–Trinajstić information content (AvgIpc) is 2.36. The molecule has 0 aliphatic heterocycles. The van der Waals surface area contributed by atoms with Gasteiger partial charge in [-0.05, 0) is 26.3 Å². The predicted octanol–water partition coefficient (Wildman–Crippen LogP) is 2.61. The third-order valence-electron chi connectivity index (χ3n) is 3.17. The van der Waals surface area contributed by atoms with Crippen molar-refractivity contribution >= 4 is 0 Å². The fourth-order valence-electron chi connectivity index (χ4n) is 2.18. The first-order valence-electron chi connectivity index (χ1n) is 6.72. The van der Waals surface area contributed by atoms with Crippen molar-refractivity contribution in [3.05, 3.63) is 18.1 Å². The number of likely N-dealkylation sites (N-methyl/N-ethyl adjacent to an activating group) is 1. The first-order valence-corrected chi connectivity index (χ1v) is 6.72. The van der Waals surface area contributed by atoms with Crippen LogP contribution in [0.1, 0.15) is 45.7 Å². The first-order chi connectivity index (χ1) is 8.60. The number of nitrogens with one attached hydrogen (secondary N) is 1. The molecular formula is C14H25N3O. The zero-order valence-corrected chi connectivity index (χ0v) is 12.1. The summed E-state index contributed by atoms with van der Waals surface area (Å²) in [5.41, 5.74) is 1.05. The monoisotopic (exact) mass is 251 g/mol. The zero-order chi connectivity index (χ0) is 13.5. The molecule has 0 fully saturated rings. The minimum atomic E-state index is 0.363. The van der Waals surface area contributed by atoms with Gasteiger partial charge in [0.15, 0.2) is 0 Å². The summed E-state index contributed by atoms with van der Waals surface area (Å²) in [6.07, 6.45) is 2.58. The fraction of sp³-hybridized carbons (Fsp3) is 0.714. The number of hydrogen-bond donors (Lipinski definition) is 1. The van der Waals surface area contributed by atoms with Crippen molar-refractivity contribution in [2.45, 2.75) is 46.1 Å². The molecule has 0 spiro atoms. The zero-order valence-electron chi connectivity index (χ0n) is 12.1. The Bertz CT molecular complexity index is 355. The van der Waals surface area contributed by atoms with Crippen LogP contribution >= 0.6 is 0 Å². The summed E-state index contributed by atoms with van der Waals surface area (Å²) in [6.45, 7) is 9.40. The maximum atomic E-state index is 5.57. The van der Waals surface area contributed by atoms with Gasteiger partial charge < -0.3 is 10.1 Å². The van der Waals surface area contributed by atoms with E-state index in [1.165, 1.54) is 0 Å². The Morgan fingerprint density at radius 2 is 2.00 bits per heavy atom. The van der Waals surface area contributed by atoms with E-state index in [0.29, 0.717) is 30.4 Å². The molecule has 2 unspecified atom stereocenters. The molecule has 1 heterocycles. The second-order valence-electron chi connectivity index (χ2n) is 4.98. The number of nitrogens with zero attached hydrogens (tertiary/aromatic N) is 2. The van der Waals surface area contributed by atoms with E-state index in [1.807, 2.05) is 13.1 Å². The van der Waals surface area contributed by atoms with Gasteiger partial charge in [-0.1, -0.05) is 20.8 Å². The Hall–Kier alpha value is -1.16. The molecule has 0 aliphatic rings. The smallest absolute Gasteiger partial charge is 0.216 e. The summed E-state index contributed by atoms with van der Waals surface area (Å²) in [4.78, 5) is 8.56. The largest absolute Gasteiger partial charge is 0.478 e. The van der Waals surface area contributed by atoms with Crippen LogP contribution in [0, 0.1) is 5.92 Å². The van der Waals surface area contributed by atoms with Gasteiger partial charge in [0, 0.05) is 18.0 Å². The van der Waals surface area contributed by atoms with Crippen molar-refractivity contribution in [2.75, 3.05) is 13.7 Å². The number of hydrogen-bond acceptors (Lipinski definition) is 4. The van der Waals surface area contributed by atoms with E-state index in [0.717, 1.165) is 12.1 Å². The van der Waals surface area contributed by atoms with Crippen molar-refractivity contribution in [1.82, 2.24) is 15.3 Å². The molecule has 1 aromatic rings. The Kier molecular flexibility index (Phi) is 6.05. The van der Waals surface area contributed by atoms with Crippen molar-refractivity contribution in [1.29, 1.82) is 0 Å². The third-order valence-corrected chi connectivity index (χ3v) is 3.17. The summed E-state index contributed by atoms with van der Waals surface area (Å²) >= 11 is 0. The SMILES string of the molecule is CCCOc1cc(C(C(C)C)C(C)NC)ncn1. The van der Waals surface area contributed by atoms with E-state index < -0.39 is 0 Å². The van der Waals surface area contributed by atoms with Crippen LogP contribution in [-0.4, -0.2) is 29.7 Å². The molecule has 4 heteroatoms. The highest BCUT2D eigenvalue weighted by molar-refractivity contribution is 5.19. The highest BCUT2D eigenvalue weighted by Gasteiger charge is 2.23. The molecule has 0 bridgehead atoms. The van der Waals surface area contributed by atoms with E-state index in [1.54, 1.807) is 6.33 Å². The Balaban J connectivity index is 2.91. The molecule has 2 atom stereocenters. The van der Waals surface area contributed by atoms with Gasteiger partial charge >= 0.3 is 0 Å². The predicted molar refractivity (Wildman–Crippen MR) is 73.9 cm³/mol. The highest BCUT2D eigenvalue weighted by Crippen LogP contribution is 2.27. The highest BCUT2D eigenvalue weighted by atomic mass is 16.5. The van der Waals surface area contributed by atoms with Gasteiger partial charge in [-0.3, -0.25) is 0 Å². The van der Waals surface area contributed by atoms with Gasteiger partial charge in [0.2, 0.25) is 5.88 Å². The minimum Gasteiger partial charge on any atom is -0.478 e. The first kappa shape index (κ1) is 14.9. The van der Waals surface area contributed by atoms with Gasteiger partial charge in [0.25, 0.3) is 0 Å². The van der Waals surface area contributed by atoms with Crippen LogP contribution in [-0.2, 0) is 0 Å². The van der Waals surface area contributed by atoms with E-state index in [4.69, 9.17) is 4.74 Å². The summed E-state index contributed by atoms with van der Waals surface area (Å²) in [6, 6.07) is 2.34. The lowest BCUT2D eigenvalue weighted by Gasteiger charge is -2.26. The maximum Gasteiger partial charge on any atom is 0.216 e. The fourth-order valence-corrected chi connectivity index (χ4v) is 2.18. The average molecular weight is 251 g/mol. The second-order valence-corrected chi connectivity index (χ2v) is 4.98. The minimum absolute atomic E-state index is 0.363. The Morgan fingerprint density at radius 1 is 1.28 bits per heavy atom. The Labute approximate surface area is 110 Å². The summed E-state index contributed by atoms with van der Waals surface area (Å²) in [5.74, 6) is 1.55. The molecule has 0 radical (unpaired) electrons. The molecule has 0 aromatic carbocycles. The summed E-state index contributed by atoms with van der Waals surface area (Å²) < 4.78 is 5.57. The van der Waals surface area contributed by atoms with Crippen LogP contribution in [0.2, 0.25) is 0 Å². The normalized spacial score (nSPS) is 14.6. The van der Waals surface area contributed by atoms with Gasteiger partial charge in [-0.2, -0.15) is 0 Å². The molecular weight excluding hydrogens is 226 g/mol. The number of rotatable bonds is 7. The van der Waals surface area contributed by atoms with E-state index in [9.17, 15) is 0 Å². The van der Waals surface area contributed by atoms with Crippen LogP contribution in [0.3, 0.4) is 0 Å². The molecule has 0 saturated heterocycles. The number of aromatic nitrogens is 2. The summed E-state index contributed by atoms with van der Waals surface area (Å²) in [5, 5.41) is 3.31. The van der Waals surface area contributed by atoms with Gasteiger partial charge in [0.05, 0.1) is 12.3 Å². The van der Waals surface area contributed by atoms with Crippen LogP contribution in [0.25, 0.3) is 0 Å². The molecule has 102 valence electrons. The lowest BCUT2D eigenvalue weighted by atomic mass is 9.86. The van der Waals surface area contributed by atoms with Gasteiger partial charge in [-0.15, -0.1) is 0 Å². The Morgan fingerprint density at radius 3 is 2.56 bits per heavy atom. The van der Waals surface area contributed by atoms with Crippen LogP contribution in [0.5, 0.6) is 5.88 Å². The lowest BCUT2D eigenvalue weighted by molar-refractivity contribution is 0.302. The summed E-state index contributed by atoms with van der Waals surface area (Å²) in [7, 11) is 1.98. The molecule has 1 N–H and O–H groups in total. The quantitative estimate of drug-likeness (QED) is 0.809. The third kappa shape index (κ3) is 3.95.